The summed E-state index contributed by atoms with van der Waals surface area (Å²) >= 11 is 4.97. The minimum absolute atomic E-state index is 0.00457. The molecule has 96 valence electrons. The first kappa shape index (κ1) is 12.2. The van der Waals surface area contributed by atoms with Crippen molar-refractivity contribution in [3.63, 3.8) is 0 Å². The smallest absolute Gasteiger partial charge is 0.256 e. The number of thiophene rings is 1. The number of carbonyl (C=O) groups excluding carboxylic acids is 2. The summed E-state index contributed by atoms with van der Waals surface area (Å²) in [6, 6.07) is 1.56. The minimum atomic E-state index is -0.293. The Kier molecular flexibility index (Phi) is 3.15. The van der Waals surface area contributed by atoms with Crippen LogP contribution in [0.4, 0.5) is 0 Å². The monoisotopic (exact) mass is 328 g/mol. The second-order valence-electron chi connectivity index (χ2n) is 4.62. The molecule has 6 heteroatoms. The molecule has 2 amide bonds. The molecule has 18 heavy (non-hydrogen) atoms. The fraction of sp³-hybridized carbons (Fsp3) is 0.500. The van der Waals surface area contributed by atoms with Crippen LogP contribution in [0.1, 0.15) is 34.5 Å². The van der Waals surface area contributed by atoms with Crippen molar-refractivity contribution in [2.45, 2.75) is 31.8 Å². The largest absolute Gasteiger partial charge is 0.354 e. The van der Waals surface area contributed by atoms with Crippen LogP contribution in [-0.2, 0) is 11.3 Å². The van der Waals surface area contributed by atoms with Crippen LogP contribution in [0.2, 0.25) is 0 Å². The fourth-order valence-corrected chi connectivity index (χ4v) is 4.24. The van der Waals surface area contributed by atoms with Crippen LogP contribution in [0.15, 0.2) is 9.85 Å². The van der Waals surface area contributed by atoms with E-state index in [2.05, 4.69) is 21.2 Å². The zero-order valence-electron chi connectivity index (χ0n) is 9.74. The highest BCUT2D eigenvalue weighted by atomic mass is 79.9. The number of amides is 2. The molecule has 2 aliphatic heterocycles. The Bertz CT molecular complexity index is 514. The van der Waals surface area contributed by atoms with E-state index in [1.807, 2.05) is 6.07 Å². The summed E-state index contributed by atoms with van der Waals surface area (Å²) in [4.78, 5) is 27.1. The average Bonchev–Trinajstić information content (AvgIpc) is 2.73. The molecule has 0 saturated carbocycles. The average molecular weight is 329 g/mol. The first-order valence-electron chi connectivity index (χ1n) is 6.03. The zero-order valence-corrected chi connectivity index (χ0v) is 12.1. The predicted molar refractivity (Wildman–Crippen MR) is 72.5 cm³/mol. The molecule has 1 saturated heterocycles. The number of rotatable bonds is 1. The SMILES string of the molecule is O=C1NCCCCC1N1Cc2sc(Br)cc2C1=O. The first-order valence-corrected chi connectivity index (χ1v) is 7.64. The third kappa shape index (κ3) is 1.97. The lowest BCUT2D eigenvalue weighted by atomic mass is 10.1. The molecule has 2 aliphatic rings. The summed E-state index contributed by atoms with van der Waals surface area (Å²) in [6.45, 7) is 1.30. The summed E-state index contributed by atoms with van der Waals surface area (Å²) < 4.78 is 0.978. The zero-order chi connectivity index (χ0) is 12.7. The number of hydrogen-bond donors (Lipinski definition) is 1. The van der Waals surface area contributed by atoms with Crippen molar-refractivity contribution in [2.24, 2.45) is 0 Å². The van der Waals surface area contributed by atoms with Crippen molar-refractivity contribution in [3.05, 3.63) is 20.3 Å². The minimum Gasteiger partial charge on any atom is -0.354 e. The van der Waals surface area contributed by atoms with Gasteiger partial charge < -0.3 is 10.2 Å². The lowest BCUT2D eigenvalue weighted by molar-refractivity contribution is -0.125. The summed E-state index contributed by atoms with van der Waals surface area (Å²) in [6.07, 6.45) is 2.76. The third-order valence-corrected chi connectivity index (χ3v) is 5.09. The maximum atomic E-state index is 12.3. The molecule has 0 aromatic carbocycles. The molecule has 0 radical (unpaired) electrons. The lowest BCUT2D eigenvalue weighted by Gasteiger charge is -2.25. The number of nitrogens with zero attached hydrogens (tertiary/aromatic N) is 1. The van der Waals surface area contributed by atoms with Crippen LogP contribution in [0, 0.1) is 0 Å². The molecule has 3 heterocycles. The highest BCUT2D eigenvalue weighted by molar-refractivity contribution is 9.11. The van der Waals surface area contributed by atoms with Crippen molar-refractivity contribution in [1.29, 1.82) is 0 Å². The number of halogens is 1. The molecule has 1 atom stereocenters. The van der Waals surface area contributed by atoms with Gasteiger partial charge in [0, 0.05) is 11.4 Å². The van der Waals surface area contributed by atoms with Crippen LogP contribution in [-0.4, -0.2) is 29.3 Å². The van der Waals surface area contributed by atoms with Gasteiger partial charge in [-0.3, -0.25) is 9.59 Å². The van der Waals surface area contributed by atoms with Crippen LogP contribution in [0.25, 0.3) is 0 Å². The Morgan fingerprint density at radius 3 is 3.00 bits per heavy atom. The topological polar surface area (TPSA) is 49.4 Å². The van der Waals surface area contributed by atoms with Crippen molar-refractivity contribution < 1.29 is 9.59 Å². The maximum Gasteiger partial charge on any atom is 0.256 e. The number of carbonyl (C=O) groups is 2. The Balaban J connectivity index is 1.84. The van der Waals surface area contributed by atoms with E-state index in [1.54, 1.807) is 16.2 Å². The quantitative estimate of drug-likeness (QED) is 0.858. The summed E-state index contributed by atoms with van der Waals surface area (Å²) in [5.74, 6) is -0.0101. The maximum absolute atomic E-state index is 12.3. The van der Waals surface area contributed by atoms with E-state index in [0.717, 1.165) is 40.0 Å². The van der Waals surface area contributed by atoms with Gasteiger partial charge in [-0.1, -0.05) is 0 Å². The van der Waals surface area contributed by atoms with Crippen LogP contribution in [0.3, 0.4) is 0 Å². The van der Waals surface area contributed by atoms with E-state index >= 15 is 0 Å². The second-order valence-corrected chi connectivity index (χ2v) is 7.14. The van der Waals surface area contributed by atoms with Crippen molar-refractivity contribution in [3.8, 4) is 0 Å². The van der Waals surface area contributed by atoms with Gasteiger partial charge in [-0.25, -0.2) is 0 Å². The highest BCUT2D eigenvalue weighted by Gasteiger charge is 2.37. The molecular formula is C12H13BrN2O2S. The molecule has 0 bridgehead atoms. The second kappa shape index (κ2) is 4.66. The van der Waals surface area contributed by atoms with E-state index in [4.69, 9.17) is 0 Å². The van der Waals surface area contributed by atoms with E-state index in [1.165, 1.54) is 0 Å². The van der Waals surface area contributed by atoms with Gasteiger partial charge in [0.15, 0.2) is 0 Å². The third-order valence-electron chi connectivity index (χ3n) is 3.47. The molecule has 0 aliphatic carbocycles. The predicted octanol–water partition coefficient (Wildman–Crippen LogP) is 2.14. The van der Waals surface area contributed by atoms with E-state index in [9.17, 15) is 9.59 Å². The van der Waals surface area contributed by atoms with Crippen LogP contribution in [0.5, 0.6) is 0 Å². The van der Waals surface area contributed by atoms with Crippen LogP contribution >= 0.6 is 27.3 Å². The van der Waals surface area contributed by atoms with Gasteiger partial charge in [-0.05, 0) is 41.3 Å². The van der Waals surface area contributed by atoms with Gasteiger partial charge in [0.25, 0.3) is 5.91 Å². The molecule has 1 N–H and O–H groups in total. The Hall–Kier alpha value is -0.880. The first-order chi connectivity index (χ1) is 8.66. The Morgan fingerprint density at radius 1 is 1.39 bits per heavy atom. The summed E-state index contributed by atoms with van der Waals surface area (Å²) in [5.41, 5.74) is 0.754. The van der Waals surface area contributed by atoms with Crippen molar-refractivity contribution in [1.82, 2.24) is 10.2 Å². The Morgan fingerprint density at radius 2 is 2.22 bits per heavy atom. The highest BCUT2D eigenvalue weighted by Crippen LogP contribution is 2.35. The van der Waals surface area contributed by atoms with Crippen molar-refractivity contribution >= 4 is 39.1 Å². The standard InChI is InChI=1S/C12H13BrN2O2S/c13-10-5-7-9(18-10)6-15(12(7)17)8-3-1-2-4-14-11(8)16/h5,8H,1-4,6H2,(H,14,16). The molecule has 0 spiro atoms. The molecule has 1 aromatic heterocycles. The van der Waals surface area contributed by atoms with Gasteiger partial charge in [-0.15, -0.1) is 11.3 Å². The lowest BCUT2D eigenvalue weighted by Crippen LogP contribution is -2.45. The van der Waals surface area contributed by atoms with E-state index < -0.39 is 0 Å². The van der Waals surface area contributed by atoms with Gasteiger partial charge in [0.1, 0.15) is 6.04 Å². The van der Waals surface area contributed by atoms with Gasteiger partial charge in [-0.2, -0.15) is 0 Å². The van der Waals surface area contributed by atoms with E-state index in [0.29, 0.717) is 6.54 Å². The molecule has 1 unspecified atom stereocenters. The molecule has 3 rings (SSSR count). The molecular weight excluding hydrogens is 316 g/mol. The normalized spacial score (nSPS) is 23.8. The van der Waals surface area contributed by atoms with Gasteiger partial charge in [0.05, 0.1) is 15.9 Å². The number of nitrogens with one attached hydrogen (secondary N) is 1. The van der Waals surface area contributed by atoms with E-state index in [-0.39, 0.29) is 17.9 Å². The number of fused-ring (bicyclic) bond motifs is 1. The summed E-state index contributed by atoms with van der Waals surface area (Å²) in [5, 5.41) is 2.88. The van der Waals surface area contributed by atoms with Crippen molar-refractivity contribution in [2.75, 3.05) is 6.54 Å². The molecule has 1 fully saturated rings. The van der Waals surface area contributed by atoms with Crippen LogP contribution < -0.4 is 5.32 Å². The summed E-state index contributed by atoms with van der Waals surface area (Å²) in [7, 11) is 0. The molecule has 4 nitrogen and oxygen atoms in total. The number of hydrogen-bond acceptors (Lipinski definition) is 3. The molecule has 1 aromatic rings. The van der Waals surface area contributed by atoms with Gasteiger partial charge in [0.2, 0.25) is 5.91 Å². The van der Waals surface area contributed by atoms with Gasteiger partial charge >= 0.3 is 0 Å². The fourth-order valence-electron chi connectivity index (χ4n) is 2.55. The Labute approximate surface area is 117 Å².